The van der Waals surface area contributed by atoms with Gasteiger partial charge in [0.1, 0.15) is 11.4 Å². The molecule has 154 valence electrons. The minimum atomic E-state index is -0.532. The molecule has 2 fully saturated rings. The zero-order valence-electron chi connectivity index (χ0n) is 17.3. The van der Waals surface area contributed by atoms with Crippen molar-refractivity contribution in [2.24, 2.45) is 5.92 Å². The van der Waals surface area contributed by atoms with Gasteiger partial charge >= 0.3 is 6.09 Å². The van der Waals surface area contributed by atoms with Gasteiger partial charge in [0.25, 0.3) is 0 Å². The first-order chi connectivity index (χ1) is 13.2. The van der Waals surface area contributed by atoms with Crippen LogP contribution in [0.25, 0.3) is 0 Å². The van der Waals surface area contributed by atoms with E-state index < -0.39 is 11.7 Å². The highest BCUT2D eigenvalue weighted by molar-refractivity contribution is 5.83. The van der Waals surface area contributed by atoms with E-state index in [0.29, 0.717) is 6.54 Å². The first-order valence-corrected chi connectivity index (χ1v) is 10.1. The lowest BCUT2D eigenvalue weighted by Gasteiger charge is -2.31. The van der Waals surface area contributed by atoms with Gasteiger partial charge in [0, 0.05) is 12.5 Å². The summed E-state index contributed by atoms with van der Waals surface area (Å²) >= 11 is 0. The molecule has 6 nitrogen and oxygen atoms in total. The second-order valence-electron chi connectivity index (χ2n) is 9.05. The smallest absolute Gasteiger partial charge is 0.407 e. The highest BCUT2D eigenvalue weighted by atomic mass is 16.6. The Bertz CT molecular complexity index is 702. The molecule has 2 amide bonds. The third-order valence-corrected chi connectivity index (χ3v) is 5.59. The Morgan fingerprint density at radius 3 is 2.36 bits per heavy atom. The number of hydrogen-bond donors (Lipinski definition) is 2. The van der Waals surface area contributed by atoms with Gasteiger partial charge in [0.05, 0.1) is 12.6 Å². The number of nitrogens with one attached hydrogen (secondary N) is 2. The molecule has 0 heterocycles. The van der Waals surface area contributed by atoms with Crippen LogP contribution >= 0.6 is 0 Å². The predicted octanol–water partition coefficient (Wildman–Crippen LogP) is 3.75. The molecule has 0 aliphatic heterocycles. The van der Waals surface area contributed by atoms with Crippen LogP contribution in [0.15, 0.2) is 24.3 Å². The average Bonchev–Trinajstić information content (AvgIpc) is 3.32. The second-order valence-corrected chi connectivity index (χ2v) is 9.05. The molecule has 2 saturated carbocycles. The summed E-state index contributed by atoms with van der Waals surface area (Å²) in [5.74, 6) is 1.19. The Balaban J connectivity index is 1.55. The SMILES string of the molecule is COc1ccc(C2CC2C(=O)NC2(CNC(=O)OC(C)(C)C)CCCC2)cc1. The van der Waals surface area contributed by atoms with Gasteiger partial charge in [-0.25, -0.2) is 4.79 Å². The molecule has 2 aliphatic carbocycles. The molecule has 0 radical (unpaired) electrons. The topological polar surface area (TPSA) is 76.7 Å². The Kier molecular flexibility index (Phi) is 5.87. The van der Waals surface area contributed by atoms with Gasteiger partial charge in [-0.05, 0) is 63.6 Å². The number of rotatable bonds is 6. The van der Waals surface area contributed by atoms with Gasteiger partial charge in [-0.1, -0.05) is 25.0 Å². The molecular weight excluding hydrogens is 356 g/mol. The van der Waals surface area contributed by atoms with Crippen LogP contribution in [0.3, 0.4) is 0 Å². The number of carbonyl (C=O) groups excluding carboxylic acids is 2. The van der Waals surface area contributed by atoms with Crippen LogP contribution in [0, 0.1) is 5.92 Å². The first-order valence-electron chi connectivity index (χ1n) is 10.1. The summed E-state index contributed by atoms with van der Waals surface area (Å²) in [6.07, 6.45) is 4.32. The Labute approximate surface area is 167 Å². The monoisotopic (exact) mass is 388 g/mol. The highest BCUT2D eigenvalue weighted by Crippen LogP contribution is 2.48. The molecule has 2 aliphatic rings. The highest BCUT2D eigenvalue weighted by Gasteiger charge is 2.47. The minimum Gasteiger partial charge on any atom is -0.497 e. The maximum Gasteiger partial charge on any atom is 0.407 e. The van der Waals surface area contributed by atoms with Crippen molar-refractivity contribution in [3.05, 3.63) is 29.8 Å². The zero-order chi connectivity index (χ0) is 20.4. The third kappa shape index (κ3) is 5.18. The first kappa shape index (κ1) is 20.5. The van der Waals surface area contributed by atoms with Gasteiger partial charge in [0.2, 0.25) is 5.91 Å². The van der Waals surface area contributed by atoms with Crippen molar-refractivity contribution in [1.82, 2.24) is 10.6 Å². The maximum atomic E-state index is 12.9. The molecule has 28 heavy (non-hydrogen) atoms. The molecule has 2 atom stereocenters. The molecule has 0 spiro atoms. The van der Waals surface area contributed by atoms with Crippen LogP contribution in [0.1, 0.15) is 64.4 Å². The maximum absolute atomic E-state index is 12.9. The fourth-order valence-corrected chi connectivity index (χ4v) is 4.01. The summed E-state index contributed by atoms with van der Waals surface area (Å²) < 4.78 is 10.5. The van der Waals surface area contributed by atoms with Crippen molar-refractivity contribution in [1.29, 1.82) is 0 Å². The standard InChI is InChI=1S/C22H32N2O4/c1-21(2,3)28-20(26)23-14-22(11-5-6-12-22)24-19(25)18-13-17(18)15-7-9-16(27-4)10-8-15/h7-10,17-18H,5-6,11-14H2,1-4H3,(H,23,26)(H,24,25). The van der Waals surface area contributed by atoms with E-state index in [2.05, 4.69) is 10.6 Å². The number of ether oxygens (including phenoxy) is 2. The van der Waals surface area contributed by atoms with Gasteiger partial charge in [-0.15, -0.1) is 0 Å². The van der Waals surface area contributed by atoms with Crippen molar-refractivity contribution >= 4 is 12.0 Å². The fraction of sp³-hybridized carbons (Fsp3) is 0.636. The van der Waals surface area contributed by atoms with E-state index in [0.717, 1.165) is 37.9 Å². The molecule has 2 N–H and O–H groups in total. The van der Waals surface area contributed by atoms with Crippen LogP contribution in [0.2, 0.25) is 0 Å². The van der Waals surface area contributed by atoms with Crippen molar-refractivity contribution in [3.8, 4) is 5.75 Å². The number of benzene rings is 1. The summed E-state index contributed by atoms with van der Waals surface area (Å²) in [6, 6.07) is 7.94. The largest absolute Gasteiger partial charge is 0.497 e. The van der Waals surface area contributed by atoms with Crippen molar-refractivity contribution in [3.63, 3.8) is 0 Å². The Morgan fingerprint density at radius 1 is 1.14 bits per heavy atom. The Hall–Kier alpha value is -2.24. The number of carbonyl (C=O) groups is 2. The number of hydrogen-bond acceptors (Lipinski definition) is 4. The molecule has 6 heteroatoms. The molecule has 1 aromatic rings. The molecule has 0 saturated heterocycles. The van der Waals surface area contributed by atoms with Gasteiger partial charge in [-0.2, -0.15) is 0 Å². The summed E-state index contributed by atoms with van der Waals surface area (Å²) in [6.45, 7) is 5.93. The lowest BCUT2D eigenvalue weighted by atomic mass is 9.96. The van der Waals surface area contributed by atoms with Crippen molar-refractivity contribution in [2.75, 3.05) is 13.7 Å². The van der Waals surface area contributed by atoms with Crippen LogP contribution in [0.5, 0.6) is 5.75 Å². The average molecular weight is 389 g/mol. The van der Waals surface area contributed by atoms with Crippen molar-refractivity contribution < 1.29 is 19.1 Å². The van der Waals surface area contributed by atoms with Crippen LogP contribution in [-0.4, -0.2) is 36.8 Å². The van der Waals surface area contributed by atoms with E-state index in [1.54, 1.807) is 7.11 Å². The molecule has 1 aromatic carbocycles. The van der Waals surface area contributed by atoms with Crippen LogP contribution < -0.4 is 15.4 Å². The summed E-state index contributed by atoms with van der Waals surface area (Å²) in [7, 11) is 1.65. The zero-order valence-corrected chi connectivity index (χ0v) is 17.3. The Morgan fingerprint density at radius 2 is 1.79 bits per heavy atom. The summed E-state index contributed by atoms with van der Waals surface area (Å²) in [5.41, 5.74) is 0.282. The summed E-state index contributed by atoms with van der Waals surface area (Å²) in [4.78, 5) is 24.9. The number of methoxy groups -OCH3 is 1. The summed E-state index contributed by atoms with van der Waals surface area (Å²) in [5, 5.41) is 6.11. The van der Waals surface area contributed by atoms with Gasteiger partial charge in [0.15, 0.2) is 0 Å². The molecule has 2 unspecified atom stereocenters. The molecule has 0 aromatic heterocycles. The van der Waals surface area contributed by atoms with E-state index in [9.17, 15) is 9.59 Å². The molecular formula is C22H32N2O4. The molecule has 3 rings (SSSR count). The lowest BCUT2D eigenvalue weighted by molar-refractivity contribution is -0.124. The van der Waals surface area contributed by atoms with E-state index in [4.69, 9.17) is 9.47 Å². The third-order valence-electron chi connectivity index (χ3n) is 5.59. The van der Waals surface area contributed by atoms with E-state index in [1.165, 1.54) is 5.56 Å². The van der Waals surface area contributed by atoms with Gasteiger partial charge in [-0.3, -0.25) is 4.79 Å². The van der Waals surface area contributed by atoms with E-state index in [-0.39, 0.29) is 23.3 Å². The number of alkyl carbamates (subject to hydrolysis) is 1. The fourth-order valence-electron chi connectivity index (χ4n) is 4.01. The predicted molar refractivity (Wildman–Crippen MR) is 107 cm³/mol. The van der Waals surface area contributed by atoms with E-state index in [1.807, 2.05) is 45.0 Å². The lowest BCUT2D eigenvalue weighted by Crippen LogP contribution is -2.54. The van der Waals surface area contributed by atoms with Crippen molar-refractivity contribution in [2.45, 2.75) is 69.9 Å². The second kappa shape index (κ2) is 8.02. The number of amides is 2. The van der Waals surface area contributed by atoms with Gasteiger partial charge < -0.3 is 20.1 Å². The normalized spacial score (nSPS) is 23.0. The quantitative estimate of drug-likeness (QED) is 0.778. The molecule has 0 bridgehead atoms. The minimum absolute atomic E-state index is 0.00685. The van der Waals surface area contributed by atoms with E-state index >= 15 is 0 Å². The van der Waals surface area contributed by atoms with Crippen LogP contribution in [0.4, 0.5) is 4.79 Å². The van der Waals surface area contributed by atoms with Crippen LogP contribution in [-0.2, 0) is 9.53 Å².